The van der Waals surface area contributed by atoms with E-state index in [0.717, 1.165) is 17.2 Å². The van der Waals surface area contributed by atoms with Gasteiger partial charge < -0.3 is 5.32 Å². The molecule has 0 aliphatic carbocycles. The summed E-state index contributed by atoms with van der Waals surface area (Å²) in [6.45, 7) is 11.8. The summed E-state index contributed by atoms with van der Waals surface area (Å²) in [6.07, 6.45) is 1.96. The fraction of sp³-hybridized carbons (Fsp3) is 0.571. The average molecular weight is 295 g/mol. The second-order valence-electron chi connectivity index (χ2n) is 5.64. The van der Waals surface area contributed by atoms with Crippen molar-refractivity contribution >= 4 is 22.7 Å². The van der Waals surface area contributed by atoms with Crippen molar-refractivity contribution in [3.05, 3.63) is 21.5 Å². The summed E-state index contributed by atoms with van der Waals surface area (Å²) in [7, 11) is 0. The number of hydrogen-bond donors (Lipinski definition) is 1. The molecule has 0 aliphatic heterocycles. The third-order valence-electron chi connectivity index (χ3n) is 2.83. The van der Waals surface area contributed by atoms with E-state index in [1.54, 1.807) is 22.7 Å². The Morgan fingerprint density at radius 1 is 1.37 bits per heavy atom. The van der Waals surface area contributed by atoms with Crippen molar-refractivity contribution in [2.45, 2.75) is 46.1 Å². The van der Waals surface area contributed by atoms with Crippen molar-refractivity contribution in [1.82, 2.24) is 15.3 Å². The van der Waals surface area contributed by atoms with Crippen molar-refractivity contribution in [1.29, 1.82) is 0 Å². The number of nitrogens with one attached hydrogen (secondary N) is 1. The first-order valence-corrected chi connectivity index (χ1v) is 8.27. The van der Waals surface area contributed by atoms with Crippen molar-refractivity contribution in [3.8, 4) is 10.7 Å². The highest BCUT2D eigenvalue weighted by atomic mass is 32.1. The van der Waals surface area contributed by atoms with Gasteiger partial charge >= 0.3 is 0 Å². The van der Waals surface area contributed by atoms with Gasteiger partial charge in [-0.3, -0.25) is 0 Å². The molecule has 104 valence electrons. The summed E-state index contributed by atoms with van der Waals surface area (Å²) < 4.78 is 0. The molecule has 2 rings (SSSR count). The highest BCUT2D eigenvalue weighted by Gasteiger charge is 2.19. The van der Waals surface area contributed by atoms with E-state index in [-0.39, 0.29) is 5.41 Å². The third kappa shape index (κ3) is 3.41. The molecule has 0 bridgehead atoms. The Hall–Kier alpha value is -0.780. The fourth-order valence-electron chi connectivity index (χ4n) is 1.73. The van der Waals surface area contributed by atoms with Crippen molar-refractivity contribution in [3.63, 3.8) is 0 Å². The van der Waals surface area contributed by atoms with Crippen LogP contribution in [0, 0.1) is 0 Å². The minimum absolute atomic E-state index is 0.111. The standard InChI is InChI=1S/C14H21N3S2/c1-6-15-9(2)11-7-16-12(19-11)10-8-18-13(17-10)14(3,4)5/h7-9,15H,6H2,1-5H3. The molecule has 5 heteroatoms. The van der Waals surface area contributed by atoms with Crippen LogP contribution in [-0.2, 0) is 5.41 Å². The molecule has 2 aromatic rings. The van der Waals surface area contributed by atoms with Crippen LogP contribution in [0.2, 0.25) is 0 Å². The Bertz CT molecular complexity index is 537. The molecule has 2 heterocycles. The summed E-state index contributed by atoms with van der Waals surface area (Å²) in [4.78, 5) is 10.5. The molecule has 0 radical (unpaired) electrons. The molecule has 0 aromatic carbocycles. The summed E-state index contributed by atoms with van der Waals surface area (Å²) in [5.74, 6) is 0. The van der Waals surface area contributed by atoms with E-state index in [0.29, 0.717) is 6.04 Å². The molecule has 0 spiro atoms. The van der Waals surface area contributed by atoms with Gasteiger partial charge in [0.15, 0.2) is 0 Å². The monoisotopic (exact) mass is 295 g/mol. The fourth-order valence-corrected chi connectivity index (χ4v) is 3.60. The van der Waals surface area contributed by atoms with Crippen molar-refractivity contribution < 1.29 is 0 Å². The van der Waals surface area contributed by atoms with Crippen LogP contribution in [0.3, 0.4) is 0 Å². The molecular formula is C14H21N3S2. The number of hydrogen-bond acceptors (Lipinski definition) is 5. The Morgan fingerprint density at radius 2 is 2.11 bits per heavy atom. The Morgan fingerprint density at radius 3 is 2.68 bits per heavy atom. The van der Waals surface area contributed by atoms with Gasteiger partial charge in [-0.25, -0.2) is 9.97 Å². The van der Waals surface area contributed by atoms with E-state index in [1.165, 1.54) is 9.88 Å². The van der Waals surface area contributed by atoms with E-state index in [1.807, 2.05) is 6.20 Å². The Balaban J connectivity index is 2.21. The molecule has 0 fully saturated rings. The van der Waals surface area contributed by atoms with Gasteiger partial charge in [0.25, 0.3) is 0 Å². The first kappa shape index (κ1) is 14.6. The molecule has 1 unspecified atom stereocenters. The van der Waals surface area contributed by atoms with E-state index < -0.39 is 0 Å². The van der Waals surface area contributed by atoms with Crippen molar-refractivity contribution in [2.24, 2.45) is 0 Å². The number of thiazole rings is 2. The van der Waals surface area contributed by atoms with Crippen LogP contribution < -0.4 is 5.32 Å². The van der Waals surface area contributed by atoms with Crippen LogP contribution in [0.5, 0.6) is 0 Å². The first-order chi connectivity index (χ1) is 8.91. The van der Waals surface area contributed by atoms with Crippen LogP contribution in [0.4, 0.5) is 0 Å². The van der Waals surface area contributed by atoms with Gasteiger partial charge in [-0.1, -0.05) is 27.7 Å². The minimum Gasteiger partial charge on any atom is -0.310 e. The van der Waals surface area contributed by atoms with Gasteiger partial charge in [0, 0.05) is 27.9 Å². The predicted octanol–water partition coefficient (Wildman–Crippen LogP) is 4.23. The summed E-state index contributed by atoms with van der Waals surface area (Å²) in [5, 5.41) is 7.71. The average Bonchev–Trinajstić information content (AvgIpc) is 2.97. The Labute approximate surface area is 123 Å². The lowest BCUT2D eigenvalue weighted by atomic mass is 9.98. The molecule has 19 heavy (non-hydrogen) atoms. The highest BCUT2D eigenvalue weighted by molar-refractivity contribution is 7.15. The predicted molar refractivity (Wildman–Crippen MR) is 84.0 cm³/mol. The summed E-state index contributed by atoms with van der Waals surface area (Å²) >= 11 is 3.45. The van der Waals surface area contributed by atoms with Gasteiger partial charge in [-0.05, 0) is 13.5 Å². The molecule has 2 aromatic heterocycles. The van der Waals surface area contributed by atoms with Crippen LogP contribution in [0.25, 0.3) is 10.7 Å². The van der Waals surface area contributed by atoms with Crippen LogP contribution in [0.1, 0.15) is 50.5 Å². The molecule has 0 aliphatic rings. The molecule has 0 saturated carbocycles. The maximum Gasteiger partial charge on any atom is 0.142 e. The maximum absolute atomic E-state index is 4.72. The second-order valence-corrected chi connectivity index (χ2v) is 7.56. The van der Waals surface area contributed by atoms with E-state index in [4.69, 9.17) is 4.98 Å². The zero-order valence-corrected chi connectivity index (χ0v) is 13.8. The van der Waals surface area contributed by atoms with Crippen molar-refractivity contribution in [2.75, 3.05) is 6.54 Å². The second kappa shape index (κ2) is 5.69. The summed E-state index contributed by atoms with van der Waals surface area (Å²) in [5.41, 5.74) is 1.12. The smallest absolute Gasteiger partial charge is 0.142 e. The Kier molecular flexibility index (Phi) is 4.38. The lowest BCUT2D eigenvalue weighted by molar-refractivity contribution is 0.586. The van der Waals surface area contributed by atoms with Gasteiger partial charge in [-0.15, -0.1) is 22.7 Å². The molecule has 3 nitrogen and oxygen atoms in total. The van der Waals surface area contributed by atoms with Crippen LogP contribution in [0.15, 0.2) is 11.6 Å². The molecule has 1 atom stereocenters. The maximum atomic E-state index is 4.72. The zero-order valence-electron chi connectivity index (χ0n) is 12.2. The number of rotatable bonds is 4. The third-order valence-corrected chi connectivity index (χ3v) is 5.30. The van der Waals surface area contributed by atoms with Gasteiger partial charge in [0.1, 0.15) is 10.7 Å². The zero-order chi connectivity index (χ0) is 14.0. The largest absolute Gasteiger partial charge is 0.310 e. The number of aromatic nitrogens is 2. The molecule has 0 amide bonds. The minimum atomic E-state index is 0.111. The van der Waals surface area contributed by atoms with Crippen LogP contribution >= 0.6 is 22.7 Å². The topological polar surface area (TPSA) is 37.8 Å². The SMILES string of the molecule is CCNC(C)c1cnc(-c2csc(C(C)(C)C)n2)s1. The molecule has 0 saturated heterocycles. The quantitative estimate of drug-likeness (QED) is 0.917. The van der Waals surface area contributed by atoms with E-state index >= 15 is 0 Å². The summed E-state index contributed by atoms with van der Waals surface area (Å²) in [6, 6.07) is 0.358. The first-order valence-electron chi connectivity index (χ1n) is 6.57. The van der Waals surface area contributed by atoms with Gasteiger partial charge in [0.05, 0.1) is 5.01 Å². The lowest BCUT2D eigenvalue weighted by Gasteiger charge is -2.13. The number of nitrogens with zero attached hydrogens (tertiary/aromatic N) is 2. The van der Waals surface area contributed by atoms with E-state index in [2.05, 4.69) is 50.3 Å². The van der Waals surface area contributed by atoms with Gasteiger partial charge in [0.2, 0.25) is 0 Å². The molecular weight excluding hydrogens is 274 g/mol. The molecule has 1 N–H and O–H groups in total. The highest BCUT2D eigenvalue weighted by Crippen LogP contribution is 2.33. The van der Waals surface area contributed by atoms with Gasteiger partial charge in [-0.2, -0.15) is 0 Å². The lowest BCUT2D eigenvalue weighted by Crippen LogP contribution is -2.16. The van der Waals surface area contributed by atoms with E-state index in [9.17, 15) is 0 Å². The normalized spacial score (nSPS) is 13.7. The van der Waals surface area contributed by atoms with Crippen LogP contribution in [-0.4, -0.2) is 16.5 Å².